The monoisotopic (exact) mass is 429 g/mol. The first-order chi connectivity index (χ1) is 15.7. The van der Waals surface area contributed by atoms with Gasteiger partial charge in [0, 0.05) is 23.5 Å². The fourth-order valence-electron chi connectivity index (χ4n) is 3.73. The molecular weight excluding hydrogens is 406 g/mol. The highest BCUT2D eigenvalue weighted by molar-refractivity contribution is 5.99. The van der Waals surface area contributed by atoms with Gasteiger partial charge in [-0.15, -0.1) is 0 Å². The number of aromatic nitrogens is 4. The van der Waals surface area contributed by atoms with Gasteiger partial charge in [-0.3, -0.25) is 5.10 Å². The molecule has 2 amide bonds. The molecule has 3 heterocycles. The van der Waals surface area contributed by atoms with Crippen LogP contribution in [0.25, 0.3) is 22.4 Å². The Kier molecular flexibility index (Phi) is 5.39. The maximum Gasteiger partial charge on any atom is 0.323 e. The molecule has 9 heteroatoms. The van der Waals surface area contributed by atoms with Gasteiger partial charge in [0.05, 0.1) is 30.8 Å². The summed E-state index contributed by atoms with van der Waals surface area (Å²) in [6.07, 6.45) is 1.76. The Hall–Kier alpha value is -3.98. The lowest BCUT2D eigenvalue weighted by molar-refractivity contribution is 0.0987. The van der Waals surface area contributed by atoms with Crippen molar-refractivity contribution in [2.75, 3.05) is 35.3 Å². The summed E-state index contributed by atoms with van der Waals surface area (Å²) in [6.45, 7) is 4.20. The SMILES string of the molecule is C[C@@H]1COCCN1c1nc(-c2ccc(NC(=O)Nc3ccccc3)cc2)nc2[nH]ncc12. The van der Waals surface area contributed by atoms with Crippen LogP contribution in [0, 0.1) is 0 Å². The van der Waals surface area contributed by atoms with Crippen molar-refractivity contribution in [2.45, 2.75) is 13.0 Å². The second kappa shape index (κ2) is 8.64. The van der Waals surface area contributed by atoms with Crippen molar-refractivity contribution in [1.82, 2.24) is 20.2 Å². The van der Waals surface area contributed by atoms with Crippen LogP contribution >= 0.6 is 0 Å². The fourth-order valence-corrected chi connectivity index (χ4v) is 3.73. The van der Waals surface area contributed by atoms with E-state index in [1.807, 2.05) is 54.6 Å². The van der Waals surface area contributed by atoms with Crippen LogP contribution in [0.5, 0.6) is 0 Å². The third kappa shape index (κ3) is 4.10. The molecule has 0 radical (unpaired) electrons. The molecule has 0 aliphatic carbocycles. The smallest absolute Gasteiger partial charge is 0.323 e. The summed E-state index contributed by atoms with van der Waals surface area (Å²) < 4.78 is 5.58. The number of nitrogens with one attached hydrogen (secondary N) is 3. The lowest BCUT2D eigenvalue weighted by atomic mass is 10.2. The Morgan fingerprint density at radius 1 is 1.06 bits per heavy atom. The Labute approximate surface area is 184 Å². The van der Waals surface area contributed by atoms with Crippen molar-refractivity contribution >= 4 is 34.3 Å². The number of carbonyl (C=O) groups excluding carboxylic acids is 1. The average molecular weight is 429 g/mol. The Balaban J connectivity index is 1.38. The second-order valence-electron chi connectivity index (χ2n) is 7.64. The van der Waals surface area contributed by atoms with Crippen LogP contribution < -0.4 is 15.5 Å². The van der Waals surface area contributed by atoms with E-state index >= 15 is 0 Å². The number of hydrogen-bond acceptors (Lipinski definition) is 6. The van der Waals surface area contributed by atoms with Gasteiger partial charge in [-0.25, -0.2) is 14.8 Å². The van der Waals surface area contributed by atoms with Crippen molar-refractivity contribution < 1.29 is 9.53 Å². The normalized spacial score (nSPS) is 16.2. The number of fused-ring (bicyclic) bond motifs is 1. The average Bonchev–Trinajstić information content (AvgIpc) is 3.29. The van der Waals surface area contributed by atoms with Crippen LogP contribution in [0.2, 0.25) is 0 Å². The van der Waals surface area contributed by atoms with Crippen molar-refractivity contribution in [2.24, 2.45) is 0 Å². The summed E-state index contributed by atoms with van der Waals surface area (Å²) in [4.78, 5) is 24.0. The number of nitrogens with zero attached hydrogens (tertiary/aromatic N) is 4. The minimum atomic E-state index is -0.303. The second-order valence-corrected chi connectivity index (χ2v) is 7.64. The van der Waals surface area contributed by atoms with Crippen LogP contribution in [-0.2, 0) is 4.74 Å². The molecular formula is C23H23N7O2. The molecule has 0 unspecified atom stereocenters. The van der Waals surface area contributed by atoms with E-state index in [0.717, 1.165) is 29.0 Å². The van der Waals surface area contributed by atoms with E-state index in [4.69, 9.17) is 9.72 Å². The molecule has 1 fully saturated rings. The zero-order chi connectivity index (χ0) is 21.9. The third-order valence-corrected chi connectivity index (χ3v) is 5.36. The van der Waals surface area contributed by atoms with Crippen molar-refractivity contribution in [3.63, 3.8) is 0 Å². The number of H-pyrrole nitrogens is 1. The van der Waals surface area contributed by atoms with Crippen LogP contribution in [0.3, 0.4) is 0 Å². The van der Waals surface area contributed by atoms with Gasteiger partial charge in [0.2, 0.25) is 0 Å². The number of urea groups is 1. The Bertz CT molecular complexity index is 1220. The highest BCUT2D eigenvalue weighted by Crippen LogP contribution is 2.29. The number of anilines is 3. The zero-order valence-electron chi connectivity index (χ0n) is 17.6. The summed E-state index contributed by atoms with van der Waals surface area (Å²) >= 11 is 0. The molecule has 1 aliphatic rings. The number of carbonyl (C=O) groups is 1. The van der Waals surface area contributed by atoms with Gasteiger partial charge in [0.15, 0.2) is 11.5 Å². The Morgan fingerprint density at radius 2 is 1.81 bits per heavy atom. The number of morpholine rings is 1. The van der Waals surface area contributed by atoms with E-state index in [9.17, 15) is 4.79 Å². The predicted molar refractivity (Wildman–Crippen MR) is 124 cm³/mol. The van der Waals surface area contributed by atoms with Gasteiger partial charge in [-0.2, -0.15) is 5.10 Å². The first-order valence-electron chi connectivity index (χ1n) is 10.5. The maximum absolute atomic E-state index is 12.2. The molecule has 2 aromatic carbocycles. The first-order valence-corrected chi connectivity index (χ1v) is 10.5. The number of amides is 2. The number of ether oxygens (including phenoxy) is 1. The highest BCUT2D eigenvalue weighted by atomic mass is 16.5. The number of aromatic amines is 1. The summed E-state index contributed by atoms with van der Waals surface area (Å²) in [5.41, 5.74) is 2.94. The van der Waals surface area contributed by atoms with Crippen LogP contribution in [0.4, 0.5) is 22.0 Å². The molecule has 32 heavy (non-hydrogen) atoms. The number of benzene rings is 2. The number of hydrogen-bond donors (Lipinski definition) is 3. The van der Waals surface area contributed by atoms with Gasteiger partial charge in [0.25, 0.3) is 0 Å². The number of para-hydroxylation sites is 1. The molecule has 162 valence electrons. The molecule has 9 nitrogen and oxygen atoms in total. The summed E-state index contributed by atoms with van der Waals surface area (Å²) in [6, 6.07) is 16.6. The first kappa shape index (κ1) is 20.0. The molecule has 4 aromatic rings. The highest BCUT2D eigenvalue weighted by Gasteiger charge is 2.24. The van der Waals surface area contributed by atoms with E-state index in [0.29, 0.717) is 30.4 Å². The maximum atomic E-state index is 12.2. The predicted octanol–water partition coefficient (Wildman–Crippen LogP) is 3.89. The van der Waals surface area contributed by atoms with Gasteiger partial charge in [0.1, 0.15) is 5.82 Å². The molecule has 1 atom stereocenters. The van der Waals surface area contributed by atoms with Gasteiger partial charge in [-0.05, 0) is 43.3 Å². The lowest BCUT2D eigenvalue weighted by Crippen LogP contribution is -2.44. The van der Waals surface area contributed by atoms with E-state index in [-0.39, 0.29) is 12.1 Å². The molecule has 0 saturated carbocycles. The summed E-state index contributed by atoms with van der Waals surface area (Å²) in [5, 5.41) is 13.6. The van der Waals surface area contributed by atoms with Gasteiger partial charge in [-0.1, -0.05) is 18.2 Å². The molecule has 2 aromatic heterocycles. The third-order valence-electron chi connectivity index (χ3n) is 5.36. The molecule has 1 saturated heterocycles. The molecule has 0 bridgehead atoms. The lowest BCUT2D eigenvalue weighted by Gasteiger charge is -2.34. The van der Waals surface area contributed by atoms with Crippen molar-refractivity contribution in [3.05, 3.63) is 60.8 Å². The van der Waals surface area contributed by atoms with Crippen LogP contribution in [0.15, 0.2) is 60.8 Å². The molecule has 5 rings (SSSR count). The van der Waals surface area contributed by atoms with Crippen LogP contribution in [0.1, 0.15) is 6.92 Å². The molecule has 0 spiro atoms. The van der Waals surface area contributed by atoms with E-state index in [2.05, 4.69) is 37.6 Å². The van der Waals surface area contributed by atoms with E-state index < -0.39 is 0 Å². The van der Waals surface area contributed by atoms with Crippen LogP contribution in [-0.4, -0.2) is 52.0 Å². The number of rotatable bonds is 4. The van der Waals surface area contributed by atoms with Gasteiger partial charge < -0.3 is 20.3 Å². The summed E-state index contributed by atoms with van der Waals surface area (Å²) in [5.74, 6) is 1.44. The van der Waals surface area contributed by atoms with Gasteiger partial charge >= 0.3 is 6.03 Å². The van der Waals surface area contributed by atoms with E-state index in [1.54, 1.807) is 6.20 Å². The summed E-state index contributed by atoms with van der Waals surface area (Å²) in [7, 11) is 0. The Morgan fingerprint density at radius 3 is 2.56 bits per heavy atom. The quantitative estimate of drug-likeness (QED) is 0.454. The van der Waals surface area contributed by atoms with Crippen molar-refractivity contribution in [1.29, 1.82) is 0 Å². The zero-order valence-corrected chi connectivity index (χ0v) is 17.6. The largest absolute Gasteiger partial charge is 0.377 e. The minimum Gasteiger partial charge on any atom is -0.377 e. The molecule has 1 aliphatic heterocycles. The molecule has 3 N–H and O–H groups in total. The topological polar surface area (TPSA) is 108 Å². The fraction of sp³-hybridized carbons (Fsp3) is 0.217. The minimum absolute atomic E-state index is 0.208. The standard InChI is InChI=1S/C23H23N7O2/c1-15-14-32-12-11-30(15)22-19-13-24-29-21(19)27-20(28-22)16-7-9-18(10-8-16)26-23(31)25-17-5-3-2-4-6-17/h2-10,13,15H,11-12,14H2,1H3,(H2,25,26,31)(H,24,27,28,29)/t15-/m1/s1. The van der Waals surface area contributed by atoms with E-state index in [1.165, 1.54) is 0 Å². The van der Waals surface area contributed by atoms with Crippen molar-refractivity contribution in [3.8, 4) is 11.4 Å².